The summed E-state index contributed by atoms with van der Waals surface area (Å²) >= 11 is 0. The smallest absolute Gasteiger partial charge is 0.410 e. The van der Waals surface area contributed by atoms with Crippen LogP contribution in [0, 0.1) is 0 Å². The minimum Gasteiger partial charge on any atom is -0.457 e. The number of pyridine rings is 1. The lowest BCUT2D eigenvalue weighted by molar-refractivity contribution is -0.122. The minimum atomic E-state index is -0.703. The number of hydrogen-bond acceptors (Lipinski definition) is 8. The number of hydrogen-bond donors (Lipinski definition) is 1. The first kappa shape index (κ1) is 35.9. The molecule has 51 heavy (non-hydrogen) atoms. The Bertz CT molecular complexity index is 2000. The average molecular weight is 714 g/mol. The van der Waals surface area contributed by atoms with Crippen LogP contribution in [-0.4, -0.2) is 84.7 Å². The molecule has 0 unspecified atom stereocenters. The first-order valence-electron chi connectivity index (χ1n) is 17.0. The number of nitrogens with zero attached hydrogens (tertiary/aromatic N) is 6. The molecule has 0 spiro atoms. The molecule has 0 radical (unpaired) electrons. The van der Waals surface area contributed by atoms with E-state index in [1.165, 1.54) is 10.2 Å². The summed E-state index contributed by atoms with van der Waals surface area (Å²) in [5.74, 6) is 2.04. The SMILES string of the molecule is CC(C)(C)OC(=O)N1CCc2ccc(Oc3ccnc4c3c(-c3cn(CC(=O)NCc5ccccc5)nn3)cn4COCCS(C)(C)C)cc2C1. The van der Waals surface area contributed by atoms with Crippen molar-refractivity contribution in [1.29, 1.82) is 0 Å². The molecule has 2 amide bonds. The molecule has 5 aromatic rings. The van der Waals surface area contributed by atoms with E-state index in [-0.39, 0.29) is 18.5 Å². The maximum atomic E-state index is 12.8. The molecule has 6 rings (SSSR count). The van der Waals surface area contributed by atoms with E-state index < -0.39 is 15.6 Å². The standard InChI is InChI=1S/C38H47N7O5S/c1-38(2,3)50-37(47)43-17-15-28-12-13-30(20-29(28)22-43)49-33-14-16-39-36-35(33)31(23-44(36)26-48-18-19-51(4,5)6)32-24-45(42-41-32)25-34(46)40-21-27-10-8-7-9-11-27/h7-14,16,20,23-24H,15,17-19,21-22,25-26H2,1-6H3,(H,40,46). The van der Waals surface area contributed by atoms with Crippen LogP contribution in [0.25, 0.3) is 22.3 Å². The summed E-state index contributed by atoms with van der Waals surface area (Å²) < 4.78 is 21.8. The number of fused-ring (bicyclic) bond motifs is 2. The van der Waals surface area contributed by atoms with Gasteiger partial charge in [-0.1, -0.05) is 41.6 Å². The van der Waals surface area contributed by atoms with Crippen molar-refractivity contribution in [3.05, 3.63) is 89.9 Å². The molecule has 0 bridgehead atoms. The second-order valence-electron chi connectivity index (χ2n) is 14.6. The Labute approximate surface area is 300 Å². The molecule has 270 valence electrons. The molecule has 2 aromatic carbocycles. The quantitative estimate of drug-likeness (QED) is 0.148. The summed E-state index contributed by atoms with van der Waals surface area (Å²) in [5, 5.41) is 12.4. The fourth-order valence-electron chi connectivity index (χ4n) is 5.74. The molecule has 4 heterocycles. The highest BCUT2D eigenvalue weighted by atomic mass is 32.3. The van der Waals surface area contributed by atoms with Crippen LogP contribution < -0.4 is 10.1 Å². The summed E-state index contributed by atoms with van der Waals surface area (Å²) in [7, 11) is -0.703. The lowest BCUT2D eigenvalue weighted by Crippen LogP contribution is -2.39. The Hall–Kier alpha value is -4.88. The third-order valence-corrected chi connectivity index (χ3v) is 9.70. The second-order valence-corrected chi connectivity index (χ2v) is 19.2. The van der Waals surface area contributed by atoms with E-state index in [1.54, 1.807) is 17.3 Å². The van der Waals surface area contributed by atoms with Crippen LogP contribution >= 0.6 is 10.0 Å². The van der Waals surface area contributed by atoms with Crippen molar-refractivity contribution in [3.63, 3.8) is 0 Å². The summed E-state index contributed by atoms with van der Waals surface area (Å²) in [6, 6.07) is 17.6. The van der Waals surface area contributed by atoms with Crippen molar-refractivity contribution in [1.82, 2.24) is 34.8 Å². The number of nitrogens with one attached hydrogen (secondary N) is 1. The molecule has 0 atom stereocenters. The molecule has 0 aliphatic carbocycles. The van der Waals surface area contributed by atoms with E-state index in [0.29, 0.717) is 55.8 Å². The van der Waals surface area contributed by atoms with Crippen LogP contribution in [-0.2, 0) is 47.1 Å². The van der Waals surface area contributed by atoms with Crippen LogP contribution in [0.1, 0.15) is 37.5 Å². The highest BCUT2D eigenvalue weighted by molar-refractivity contribution is 8.32. The molecule has 3 aromatic heterocycles. The molecule has 13 heteroatoms. The molecular weight excluding hydrogens is 667 g/mol. The van der Waals surface area contributed by atoms with E-state index in [2.05, 4.69) is 40.5 Å². The monoisotopic (exact) mass is 713 g/mol. The van der Waals surface area contributed by atoms with Gasteiger partial charge in [0.2, 0.25) is 5.91 Å². The highest BCUT2D eigenvalue weighted by Crippen LogP contribution is 2.38. The van der Waals surface area contributed by atoms with E-state index in [9.17, 15) is 9.59 Å². The first-order chi connectivity index (χ1) is 24.3. The number of carbonyl (C=O) groups excluding carboxylic acids is 2. The van der Waals surface area contributed by atoms with Crippen molar-refractivity contribution in [2.24, 2.45) is 0 Å². The Morgan fingerprint density at radius 2 is 1.80 bits per heavy atom. The Morgan fingerprint density at radius 1 is 1.00 bits per heavy atom. The van der Waals surface area contributed by atoms with Crippen LogP contribution in [0.4, 0.5) is 4.79 Å². The van der Waals surface area contributed by atoms with Gasteiger partial charge in [-0.25, -0.2) is 24.5 Å². The number of amides is 2. The van der Waals surface area contributed by atoms with E-state index in [0.717, 1.165) is 34.3 Å². The van der Waals surface area contributed by atoms with Gasteiger partial charge in [-0.05, 0) is 80.8 Å². The lowest BCUT2D eigenvalue weighted by Gasteiger charge is -2.31. The molecule has 0 saturated carbocycles. The van der Waals surface area contributed by atoms with Gasteiger partial charge in [0.15, 0.2) is 0 Å². The third kappa shape index (κ3) is 9.47. The van der Waals surface area contributed by atoms with Crippen LogP contribution in [0.5, 0.6) is 11.5 Å². The van der Waals surface area contributed by atoms with Gasteiger partial charge in [0.25, 0.3) is 0 Å². The van der Waals surface area contributed by atoms with Crippen molar-refractivity contribution in [2.45, 2.75) is 59.2 Å². The molecule has 1 aliphatic rings. The summed E-state index contributed by atoms with van der Waals surface area (Å²) in [6.07, 6.45) is 12.6. The molecule has 0 fully saturated rings. The van der Waals surface area contributed by atoms with Gasteiger partial charge >= 0.3 is 6.09 Å². The predicted octanol–water partition coefficient (Wildman–Crippen LogP) is 6.36. The first-order valence-corrected chi connectivity index (χ1v) is 20.0. The van der Waals surface area contributed by atoms with Crippen molar-refractivity contribution in [2.75, 3.05) is 37.7 Å². The Morgan fingerprint density at radius 3 is 2.57 bits per heavy atom. The van der Waals surface area contributed by atoms with E-state index >= 15 is 0 Å². The fraction of sp³-hybridized carbons (Fsp3) is 0.395. The van der Waals surface area contributed by atoms with Crippen LogP contribution in [0.15, 0.2) is 73.2 Å². The minimum absolute atomic E-state index is 0.0216. The molecular formula is C38H47N7O5S. The zero-order chi connectivity index (χ0) is 36.2. The van der Waals surface area contributed by atoms with Gasteiger partial charge in [-0.15, -0.1) is 5.10 Å². The summed E-state index contributed by atoms with van der Waals surface area (Å²) in [5.41, 5.74) is 4.64. The van der Waals surface area contributed by atoms with Crippen LogP contribution in [0.2, 0.25) is 0 Å². The summed E-state index contributed by atoms with van der Waals surface area (Å²) in [4.78, 5) is 32.1. The van der Waals surface area contributed by atoms with Gasteiger partial charge in [0.05, 0.1) is 18.2 Å². The van der Waals surface area contributed by atoms with Crippen molar-refractivity contribution in [3.8, 4) is 22.8 Å². The van der Waals surface area contributed by atoms with Crippen molar-refractivity contribution >= 4 is 33.1 Å². The number of carbonyl (C=O) groups is 2. The third-order valence-electron chi connectivity index (χ3n) is 8.31. The van der Waals surface area contributed by atoms with E-state index in [1.807, 2.05) is 80.1 Å². The van der Waals surface area contributed by atoms with Gasteiger partial charge in [0.1, 0.15) is 41.7 Å². The second kappa shape index (κ2) is 15.2. The maximum Gasteiger partial charge on any atom is 0.410 e. The van der Waals surface area contributed by atoms with Gasteiger partial charge in [0, 0.05) is 43.3 Å². The number of aromatic nitrogens is 5. The Kier molecular flexibility index (Phi) is 10.7. The summed E-state index contributed by atoms with van der Waals surface area (Å²) in [6.45, 7) is 8.03. The van der Waals surface area contributed by atoms with E-state index in [4.69, 9.17) is 19.2 Å². The predicted molar refractivity (Wildman–Crippen MR) is 200 cm³/mol. The lowest BCUT2D eigenvalue weighted by atomic mass is 10.00. The maximum absolute atomic E-state index is 12.8. The van der Waals surface area contributed by atoms with Gasteiger partial charge in [-0.3, -0.25) is 4.79 Å². The molecule has 1 aliphatic heterocycles. The average Bonchev–Trinajstić information content (AvgIpc) is 3.70. The zero-order valence-corrected chi connectivity index (χ0v) is 31.0. The number of benzene rings is 2. The van der Waals surface area contributed by atoms with Crippen LogP contribution in [0.3, 0.4) is 0 Å². The number of rotatable bonds is 12. The zero-order valence-electron chi connectivity index (χ0n) is 30.2. The molecule has 12 nitrogen and oxygen atoms in total. The number of ether oxygens (including phenoxy) is 3. The van der Waals surface area contributed by atoms with Gasteiger partial charge in [-0.2, -0.15) is 0 Å². The van der Waals surface area contributed by atoms with Crippen molar-refractivity contribution < 1.29 is 23.8 Å². The molecule has 1 N–H and O–H groups in total. The molecule has 0 saturated heterocycles. The largest absolute Gasteiger partial charge is 0.457 e. The topological polar surface area (TPSA) is 126 Å². The Balaban J connectivity index is 1.26. The normalized spacial score (nSPS) is 13.6. The van der Waals surface area contributed by atoms with Gasteiger partial charge < -0.3 is 29.0 Å². The highest BCUT2D eigenvalue weighted by Gasteiger charge is 2.26. The fourth-order valence-corrected chi connectivity index (χ4v) is 6.36.